The summed E-state index contributed by atoms with van der Waals surface area (Å²) in [6.45, 7) is 1.82. The molecule has 6 heteroatoms. The number of carbonyl (C=O) groups excluding carboxylic acids is 1. The van der Waals surface area contributed by atoms with Crippen LogP contribution in [0.15, 0.2) is 29.2 Å². The lowest BCUT2D eigenvalue weighted by molar-refractivity contribution is 0.101. The molecule has 0 aliphatic carbocycles. The maximum Gasteiger partial charge on any atom is 0.240 e. The van der Waals surface area contributed by atoms with Crippen molar-refractivity contribution in [3.05, 3.63) is 29.8 Å². The number of Topliss-reactive ketones (excluding diaryl/α,β-unsaturated/α-hetero) is 1. The van der Waals surface area contributed by atoms with Gasteiger partial charge in [0.2, 0.25) is 10.0 Å². The molecule has 0 fully saturated rings. The van der Waals surface area contributed by atoms with E-state index in [1.165, 1.54) is 19.1 Å². The minimum Gasteiger partial charge on any atom is -0.295 e. The fourth-order valence-corrected chi connectivity index (χ4v) is 2.74. The van der Waals surface area contributed by atoms with Crippen LogP contribution >= 0.6 is 22.6 Å². The van der Waals surface area contributed by atoms with E-state index in [9.17, 15) is 13.2 Å². The third-order valence-corrected chi connectivity index (χ3v) is 4.37. The summed E-state index contributed by atoms with van der Waals surface area (Å²) in [6.07, 6.45) is 0.784. The molecule has 0 unspecified atom stereocenters. The Balaban J connectivity index is 2.91. The van der Waals surface area contributed by atoms with Crippen molar-refractivity contribution in [1.29, 1.82) is 0 Å². The molecule has 0 aliphatic rings. The number of rotatable bonds is 6. The lowest BCUT2D eigenvalue weighted by atomic mass is 10.2. The number of sulfonamides is 1. The Bertz CT molecular complexity index is 499. The van der Waals surface area contributed by atoms with E-state index in [1.54, 1.807) is 12.1 Å². The maximum atomic E-state index is 11.9. The molecule has 0 spiro atoms. The Hall–Kier alpha value is -0.470. The Labute approximate surface area is 115 Å². The van der Waals surface area contributed by atoms with Crippen LogP contribution in [0.2, 0.25) is 0 Å². The molecular formula is C11H14INO3S. The highest BCUT2D eigenvalue weighted by Gasteiger charge is 2.14. The van der Waals surface area contributed by atoms with Crippen molar-refractivity contribution in [3.63, 3.8) is 0 Å². The zero-order valence-electron chi connectivity index (χ0n) is 9.44. The minimum absolute atomic E-state index is 0.138. The van der Waals surface area contributed by atoms with E-state index in [0.717, 1.165) is 10.8 Å². The van der Waals surface area contributed by atoms with Gasteiger partial charge in [-0.25, -0.2) is 13.1 Å². The SMILES string of the molecule is CC(=O)c1cccc(S(=O)(=O)NCCCI)c1. The molecule has 4 nitrogen and oxygen atoms in total. The number of hydrogen-bond acceptors (Lipinski definition) is 3. The predicted molar refractivity (Wildman–Crippen MR) is 75.1 cm³/mol. The van der Waals surface area contributed by atoms with Crippen molar-refractivity contribution in [2.75, 3.05) is 11.0 Å². The molecule has 0 bridgehead atoms. The quantitative estimate of drug-likeness (QED) is 0.362. The number of ketones is 1. The Morgan fingerprint density at radius 2 is 2.12 bits per heavy atom. The molecule has 0 amide bonds. The van der Waals surface area contributed by atoms with Gasteiger partial charge in [0.25, 0.3) is 0 Å². The van der Waals surface area contributed by atoms with Gasteiger partial charge in [-0.05, 0) is 25.5 Å². The molecule has 0 heterocycles. The molecule has 1 aromatic rings. The largest absolute Gasteiger partial charge is 0.295 e. The second-order valence-corrected chi connectivity index (χ2v) is 6.37. The van der Waals surface area contributed by atoms with E-state index < -0.39 is 10.0 Å². The highest BCUT2D eigenvalue weighted by Crippen LogP contribution is 2.11. The van der Waals surface area contributed by atoms with Crippen LogP contribution in [-0.2, 0) is 10.0 Å². The molecule has 0 radical (unpaired) electrons. The summed E-state index contributed by atoms with van der Waals surface area (Å²) in [7, 11) is -3.49. The molecule has 0 aromatic heterocycles. The Morgan fingerprint density at radius 1 is 1.41 bits per heavy atom. The molecule has 0 atom stereocenters. The summed E-state index contributed by atoms with van der Waals surface area (Å²) in [5.74, 6) is -0.144. The van der Waals surface area contributed by atoms with E-state index in [4.69, 9.17) is 0 Å². The van der Waals surface area contributed by atoms with Gasteiger partial charge in [-0.3, -0.25) is 4.79 Å². The summed E-state index contributed by atoms with van der Waals surface area (Å²) in [5, 5.41) is 0. The van der Waals surface area contributed by atoms with Crippen molar-refractivity contribution in [2.45, 2.75) is 18.2 Å². The third-order valence-electron chi connectivity index (χ3n) is 2.15. The zero-order valence-corrected chi connectivity index (χ0v) is 12.4. The van der Waals surface area contributed by atoms with Crippen LogP contribution in [0.3, 0.4) is 0 Å². The van der Waals surface area contributed by atoms with E-state index >= 15 is 0 Å². The normalized spacial score (nSPS) is 11.4. The smallest absolute Gasteiger partial charge is 0.240 e. The molecule has 1 rings (SSSR count). The van der Waals surface area contributed by atoms with Crippen LogP contribution < -0.4 is 4.72 Å². The van der Waals surface area contributed by atoms with E-state index in [0.29, 0.717) is 12.1 Å². The van der Waals surface area contributed by atoms with Crippen LogP contribution in [0.1, 0.15) is 23.7 Å². The van der Waals surface area contributed by atoms with Crippen molar-refractivity contribution >= 4 is 38.4 Å². The van der Waals surface area contributed by atoms with E-state index in [1.807, 2.05) is 0 Å². The minimum atomic E-state index is -3.49. The number of alkyl halides is 1. The molecular weight excluding hydrogens is 353 g/mol. The monoisotopic (exact) mass is 367 g/mol. The predicted octanol–water partition coefficient (Wildman–Crippen LogP) is 1.99. The first-order valence-corrected chi connectivity index (χ1v) is 8.15. The van der Waals surface area contributed by atoms with Crippen LogP contribution in [-0.4, -0.2) is 25.2 Å². The average molecular weight is 367 g/mol. The van der Waals surface area contributed by atoms with Gasteiger partial charge in [-0.2, -0.15) is 0 Å². The summed E-state index contributed by atoms with van der Waals surface area (Å²) < 4.78 is 27.1. The van der Waals surface area contributed by atoms with E-state index in [-0.39, 0.29) is 10.7 Å². The highest BCUT2D eigenvalue weighted by molar-refractivity contribution is 14.1. The molecule has 17 heavy (non-hydrogen) atoms. The van der Waals surface area contributed by atoms with Crippen LogP contribution in [0, 0.1) is 0 Å². The Kier molecular flexibility index (Phi) is 5.54. The van der Waals surface area contributed by atoms with Gasteiger partial charge >= 0.3 is 0 Å². The first-order chi connectivity index (χ1) is 7.97. The van der Waals surface area contributed by atoms with Crippen molar-refractivity contribution in [2.24, 2.45) is 0 Å². The first-order valence-electron chi connectivity index (χ1n) is 5.14. The second-order valence-electron chi connectivity index (χ2n) is 3.52. The number of hydrogen-bond donors (Lipinski definition) is 1. The van der Waals surface area contributed by atoms with Crippen LogP contribution in [0.25, 0.3) is 0 Å². The number of halogens is 1. The van der Waals surface area contributed by atoms with Gasteiger partial charge in [0.05, 0.1) is 4.90 Å². The molecule has 1 N–H and O–H groups in total. The van der Waals surface area contributed by atoms with Gasteiger partial charge in [-0.15, -0.1) is 0 Å². The number of benzene rings is 1. The fourth-order valence-electron chi connectivity index (χ4n) is 1.24. The van der Waals surface area contributed by atoms with Crippen molar-refractivity contribution in [1.82, 2.24) is 4.72 Å². The molecule has 0 aliphatic heterocycles. The lowest BCUT2D eigenvalue weighted by Crippen LogP contribution is -2.25. The molecule has 0 saturated heterocycles. The van der Waals surface area contributed by atoms with Crippen molar-refractivity contribution < 1.29 is 13.2 Å². The maximum absolute atomic E-state index is 11.9. The Morgan fingerprint density at radius 3 is 2.71 bits per heavy atom. The molecule has 0 saturated carbocycles. The van der Waals surface area contributed by atoms with Gasteiger partial charge in [0.1, 0.15) is 0 Å². The van der Waals surface area contributed by atoms with Crippen molar-refractivity contribution in [3.8, 4) is 0 Å². The van der Waals surface area contributed by atoms with E-state index in [2.05, 4.69) is 27.3 Å². The summed E-state index contributed by atoms with van der Waals surface area (Å²) >= 11 is 2.19. The average Bonchev–Trinajstić information content (AvgIpc) is 2.29. The third kappa shape index (κ3) is 4.36. The standard InChI is InChI=1S/C11H14INO3S/c1-9(14)10-4-2-5-11(8-10)17(15,16)13-7-3-6-12/h2,4-5,8,13H,3,6-7H2,1H3. The topological polar surface area (TPSA) is 63.2 Å². The molecule has 94 valence electrons. The number of carbonyl (C=O) groups is 1. The van der Waals surface area contributed by atoms with Gasteiger partial charge in [0.15, 0.2) is 5.78 Å². The highest BCUT2D eigenvalue weighted by atomic mass is 127. The summed E-state index contributed by atoms with van der Waals surface area (Å²) in [5.41, 5.74) is 0.404. The summed E-state index contributed by atoms with van der Waals surface area (Å²) in [4.78, 5) is 11.3. The first kappa shape index (κ1) is 14.6. The molecule has 1 aromatic carbocycles. The van der Waals surface area contributed by atoms with Gasteiger partial charge in [0, 0.05) is 16.5 Å². The number of nitrogens with one attached hydrogen (secondary N) is 1. The summed E-state index contributed by atoms with van der Waals surface area (Å²) in [6, 6.07) is 6.06. The van der Waals surface area contributed by atoms with Crippen LogP contribution in [0.5, 0.6) is 0 Å². The van der Waals surface area contributed by atoms with Gasteiger partial charge < -0.3 is 0 Å². The zero-order chi connectivity index (χ0) is 12.9. The van der Waals surface area contributed by atoms with Crippen LogP contribution in [0.4, 0.5) is 0 Å². The lowest BCUT2D eigenvalue weighted by Gasteiger charge is -2.06. The second kappa shape index (κ2) is 6.46. The van der Waals surface area contributed by atoms with Gasteiger partial charge in [-0.1, -0.05) is 34.7 Å². The fraction of sp³-hybridized carbons (Fsp3) is 0.364.